The minimum absolute atomic E-state index is 0.0920. The summed E-state index contributed by atoms with van der Waals surface area (Å²) in [5.74, 6) is 0.879. The molecule has 0 aliphatic rings. The Morgan fingerprint density at radius 2 is 1.92 bits per heavy atom. The van der Waals surface area contributed by atoms with Gasteiger partial charge in [0, 0.05) is 25.3 Å². The molecule has 2 aromatic carbocycles. The summed E-state index contributed by atoms with van der Waals surface area (Å²) < 4.78 is 15.6. The predicted octanol–water partition coefficient (Wildman–Crippen LogP) is 3.17. The molecule has 26 heavy (non-hydrogen) atoms. The van der Waals surface area contributed by atoms with Gasteiger partial charge >= 0.3 is 5.97 Å². The van der Waals surface area contributed by atoms with Gasteiger partial charge in [-0.15, -0.1) is 0 Å². The average Bonchev–Trinajstić information content (AvgIpc) is 3.15. The lowest BCUT2D eigenvalue weighted by Crippen LogP contribution is -2.09. The number of hydrogen-bond acceptors (Lipinski definition) is 7. The highest BCUT2D eigenvalue weighted by atomic mass is 16.6. The molecule has 3 aromatic rings. The fraction of sp³-hybridized carbons (Fsp3) is 0.211. The summed E-state index contributed by atoms with van der Waals surface area (Å²) in [6, 6.07) is 14.4. The Bertz CT molecular complexity index is 888. The number of methoxy groups -OCH3 is 1. The molecule has 3 rings (SSSR count). The van der Waals surface area contributed by atoms with Gasteiger partial charge < -0.3 is 18.9 Å². The maximum Gasteiger partial charge on any atom is 0.338 e. The normalized spacial score (nSPS) is 10.4. The molecule has 0 amide bonds. The number of nitrogens with zero attached hydrogens (tertiary/aromatic N) is 3. The zero-order chi connectivity index (χ0) is 18.5. The van der Waals surface area contributed by atoms with Gasteiger partial charge in [0.2, 0.25) is 5.82 Å². The number of rotatable bonds is 6. The van der Waals surface area contributed by atoms with Gasteiger partial charge in [-0.25, -0.2) is 4.79 Å². The molecule has 0 aliphatic carbocycles. The Kier molecular flexibility index (Phi) is 5.17. The van der Waals surface area contributed by atoms with Crippen LogP contribution in [0, 0.1) is 0 Å². The summed E-state index contributed by atoms with van der Waals surface area (Å²) in [4.78, 5) is 18.3. The van der Waals surface area contributed by atoms with E-state index >= 15 is 0 Å². The highest BCUT2D eigenvalue weighted by Crippen LogP contribution is 2.21. The average molecular weight is 353 g/mol. The molecule has 0 radical (unpaired) electrons. The number of carbonyl (C=O) groups is 1. The molecule has 0 unspecified atom stereocenters. The summed E-state index contributed by atoms with van der Waals surface area (Å²) in [6.07, 6.45) is 0. The van der Waals surface area contributed by atoms with Crippen LogP contribution in [0.15, 0.2) is 53.1 Å². The van der Waals surface area contributed by atoms with Crippen LogP contribution in [0.3, 0.4) is 0 Å². The minimum atomic E-state index is -0.448. The third kappa shape index (κ3) is 4.00. The van der Waals surface area contributed by atoms with Crippen molar-refractivity contribution in [3.05, 3.63) is 60.0 Å². The molecule has 0 saturated carbocycles. The summed E-state index contributed by atoms with van der Waals surface area (Å²) in [7, 11) is 5.46. The molecule has 0 aliphatic heterocycles. The van der Waals surface area contributed by atoms with Gasteiger partial charge in [-0.3, -0.25) is 0 Å². The highest BCUT2D eigenvalue weighted by molar-refractivity contribution is 5.89. The number of esters is 1. The topological polar surface area (TPSA) is 77.7 Å². The molecule has 7 nitrogen and oxygen atoms in total. The molecular formula is C19H19N3O4. The second-order valence-electron chi connectivity index (χ2n) is 5.76. The van der Waals surface area contributed by atoms with Crippen molar-refractivity contribution in [2.24, 2.45) is 0 Å². The van der Waals surface area contributed by atoms with E-state index in [1.165, 1.54) is 0 Å². The van der Waals surface area contributed by atoms with E-state index in [0.717, 1.165) is 11.3 Å². The molecule has 0 atom stereocenters. The molecule has 0 N–H and O–H groups in total. The zero-order valence-electron chi connectivity index (χ0n) is 14.8. The van der Waals surface area contributed by atoms with Gasteiger partial charge in [0.25, 0.3) is 5.89 Å². The molecule has 7 heteroatoms. The Morgan fingerprint density at radius 3 is 2.62 bits per heavy atom. The van der Waals surface area contributed by atoms with E-state index in [2.05, 4.69) is 10.1 Å². The Balaban J connectivity index is 1.63. The first-order chi connectivity index (χ1) is 12.6. The van der Waals surface area contributed by atoms with Crippen molar-refractivity contribution in [3.8, 4) is 17.1 Å². The van der Waals surface area contributed by atoms with Crippen molar-refractivity contribution in [1.82, 2.24) is 10.1 Å². The predicted molar refractivity (Wildman–Crippen MR) is 96.2 cm³/mol. The number of carbonyl (C=O) groups excluding carboxylic acids is 1. The third-order valence-electron chi connectivity index (χ3n) is 3.74. The van der Waals surface area contributed by atoms with Crippen LogP contribution in [0.1, 0.15) is 16.2 Å². The van der Waals surface area contributed by atoms with E-state index in [1.807, 2.05) is 49.3 Å². The Morgan fingerprint density at radius 1 is 1.15 bits per heavy atom. The molecule has 134 valence electrons. The highest BCUT2D eigenvalue weighted by Gasteiger charge is 2.13. The lowest BCUT2D eigenvalue weighted by molar-refractivity contribution is 0.0430. The van der Waals surface area contributed by atoms with Crippen LogP contribution < -0.4 is 9.64 Å². The fourth-order valence-electron chi connectivity index (χ4n) is 2.30. The van der Waals surface area contributed by atoms with Gasteiger partial charge in [-0.2, -0.15) is 4.98 Å². The smallest absolute Gasteiger partial charge is 0.338 e. The Hall–Kier alpha value is -3.35. The number of anilines is 1. The fourth-order valence-corrected chi connectivity index (χ4v) is 2.30. The molecule has 0 bridgehead atoms. The minimum Gasteiger partial charge on any atom is -0.497 e. The van der Waals surface area contributed by atoms with Crippen molar-refractivity contribution in [2.45, 2.75) is 6.61 Å². The van der Waals surface area contributed by atoms with Crippen molar-refractivity contribution >= 4 is 11.7 Å². The number of ether oxygens (including phenoxy) is 2. The summed E-state index contributed by atoms with van der Waals surface area (Å²) >= 11 is 0. The van der Waals surface area contributed by atoms with E-state index in [0.29, 0.717) is 17.1 Å². The first-order valence-electron chi connectivity index (χ1n) is 7.98. The second kappa shape index (κ2) is 7.69. The van der Waals surface area contributed by atoms with Crippen LogP contribution in [0.5, 0.6) is 5.75 Å². The van der Waals surface area contributed by atoms with Gasteiger partial charge in [-0.05, 0) is 36.4 Å². The van der Waals surface area contributed by atoms with E-state index in [4.69, 9.17) is 14.0 Å². The SMILES string of the molecule is COc1cccc(-c2noc(COC(=O)c3ccc(N(C)C)cc3)n2)c1. The maximum absolute atomic E-state index is 12.1. The number of benzene rings is 2. The number of hydrogen-bond donors (Lipinski definition) is 0. The summed E-state index contributed by atoms with van der Waals surface area (Å²) in [6.45, 7) is -0.0920. The second-order valence-corrected chi connectivity index (χ2v) is 5.76. The lowest BCUT2D eigenvalue weighted by atomic mass is 10.2. The van der Waals surface area contributed by atoms with Crippen molar-refractivity contribution in [1.29, 1.82) is 0 Å². The molecule has 1 aromatic heterocycles. The first kappa shape index (κ1) is 17.5. The van der Waals surface area contributed by atoms with Crippen molar-refractivity contribution in [3.63, 3.8) is 0 Å². The van der Waals surface area contributed by atoms with E-state index in [1.54, 1.807) is 25.3 Å². The molecule has 0 fully saturated rings. The number of aromatic nitrogens is 2. The quantitative estimate of drug-likeness (QED) is 0.630. The summed E-state index contributed by atoms with van der Waals surface area (Å²) in [5.41, 5.74) is 2.22. The van der Waals surface area contributed by atoms with Gasteiger partial charge in [0.15, 0.2) is 6.61 Å². The van der Waals surface area contributed by atoms with E-state index in [-0.39, 0.29) is 12.5 Å². The van der Waals surface area contributed by atoms with Crippen LogP contribution >= 0.6 is 0 Å². The van der Waals surface area contributed by atoms with Crippen LogP contribution in [-0.2, 0) is 11.3 Å². The molecule has 1 heterocycles. The van der Waals surface area contributed by atoms with Crippen LogP contribution in [0.2, 0.25) is 0 Å². The van der Waals surface area contributed by atoms with Crippen LogP contribution in [0.25, 0.3) is 11.4 Å². The zero-order valence-corrected chi connectivity index (χ0v) is 14.8. The first-order valence-corrected chi connectivity index (χ1v) is 7.98. The van der Waals surface area contributed by atoms with Crippen LogP contribution in [-0.4, -0.2) is 37.3 Å². The standard InChI is InChI=1S/C19H19N3O4/c1-22(2)15-9-7-13(8-10-15)19(23)25-12-17-20-18(21-26-17)14-5-4-6-16(11-14)24-3/h4-11H,12H2,1-3H3. The van der Waals surface area contributed by atoms with Crippen molar-refractivity contribution < 1.29 is 18.8 Å². The van der Waals surface area contributed by atoms with Crippen LogP contribution in [0.4, 0.5) is 5.69 Å². The third-order valence-corrected chi connectivity index (χ3v) is 3.74. The van der Waals surface area contributed by atoms with E-state index in [9.17, 15) is 4.79 Å². The summed E-state index contributed by atoms with van der Waals surface area (Å²) in [5, 5.41) is 3.91. The lowest BCUT2D eigenvalue weighted by Gasteiger charge is -2.12. The van der Waals surface area contributed by atoms with Crippen molar-refractivity contribution in [2.75, 3.05) is 26.1 Å². The molecular weight excluding hydrogens is 334 g/mol. The molecule has 0 saturated heterocycles. The largest absolute Gasteiger partial charge is 0.497 e. The van der Waals surface area contributed by atoms with Gasteiger partial charge in [0.05, 0.1) is 12.7 Å². The van der Waals surface area contributed by atoms with E-state index < -0.39 is 5.97 Å². The Labute approximate surface area is 151 Å². The monoisotopic (exact) mass is 353 g/mol. The maximum atomic E-state index is 12.1. The van der Waals surface area contributed by atoms with Gasteiger partial charge in [0.1, 0.15) is 5.75 Å². The molecule has 0 spiro atoms. The van der Waals surface area contributed by atoms with Gasteiger partial charge in [-0.1, -0.05) is 17.3 Å².